The fourth-order valence-electron chi connectivity index (χ4n) is 3.96. The number of hydrogen-bond donors (Lipinski definition) is 0. The molecule has 8 heteroatoms. The summed E-state index contributed by atoms with van der Waals surface area (Å²) >= 11 is 1.37. The zero-order chi connectivity index (χ0) is 22.1. The van der Waals surface area contributed by atoms with Gasteiger partial charge < -0.3 is 14.4 Å². The summed E-state index contributed by atoms with van der Waals surface area (Å²) in [6, 6.07) is 17.2. The molecule has 0 aliphatic carbocycles. The van der Waals surface area contributed by atoms with E-state index in [1.54, 1.807) is 15.9 Å². The first-order chi connectivity index (χ1) is 15.6. The monoisotopic (exact) mass is 449 g/mol. The Kier molecular flexibility index (Phi) is 5.63. The number of carbonyl (C=O) groups excluding carboxylic acids is 2. The van der Waals surface area contributed by atoms with Gasteiger partial charge in [-0.25, -0.2) is 4.98 Å². The van der Waals surface area contributed by atoms with Crippen LogP contribution in [0.3, 0.4) is 0 Å². The Balaban J connectivity index is 1.46. The molecule has 2 aromatic carbocycles. The first kappa shape index (κ1) is 20.7. The predicted octanol–water partition coefficient (Wildman–Crippen LogP) is 3.39. The van der Waals surface area contributed by atoms with Gasteiger partial charge in [0.2, 0.25) is 0 Å². The van der Waals surface area contributed by atoms with Crippen molar-refractivity contribution in [3.63, 3.8) is 0 Å². The highest BCUT2D eigenvalue weighted by atomic mass is 32.1. The number of benzene rings is 2. The van der Waals surface area contributed by atoms with Crippen molar-refractivity contribution >= 4 is 28.8 Å². The fourth-order valence-corrected chi connectivity index (χ4v) is 4.99. The average molecular weight is 450 g/mol. The quantitative estimate of drug-likeness (QED) is 0.613. The van der Waals surface area contributed by atoms with Gasteiger partial charge in [-0.15, -0.1) is 11.3 Å². The fraction of sp³-hybridized carbons (Fsp3) is 0.292. The second-order valence-electron chi connectivity index (χ2n) is 7.73. The number of aryl methyl sites for hydroxylation is 1. The van der Waals surface area contributed by atoms with Gasteiger partial charge in [0.25, 0.3) is 11.8 Å². The molecule has 1 fully saturated rings. The van der Waals surface area contributed by atoms with Crippen LogP contribution in [-0.4, -0.2) is 60.7 Å². The highest BCUT2D eigenvalue weighted by Crippen LogP contribution is 2.36. The van der Waals surface area contributed by atoms with E-state index >= 15 is 0 Å². The lowest BCUT2D eigenvalue weighted by Gasteiger charge is -2.37. The molecule has 0 spiro atoms. The van der Waals surface area contributed by atoms with E-state index in [0.717, 1.165) is 10.6 Å². The number of aromatic nitrogens is 1. The van der Waals surface area contributed by atoms with E-state index in [4.69, 9.17) is 9.47 Å². The van der Waals surface area contributed by atoms with Crippen LogP contribution in [0.4, 0.5) is 5.69 Å². The van der Waals surface area contributed by atoms with Crippen molar-refractivity contribution in [3.05, 3.63) is 65.2 Å². The lowest BCUT2D eigenvalue weighted by molar-refractivity contribution is -0.142. The standard InChI is InChI=1S/C24H23N3O4S/c1-16-21(32-22(25-16)17-7-3-2-4-8-17)24(29)27-15-20(23(28)26-11-13-30-14-12-26)31-19-10-6-5-9-18(19)27/h2-10,20H,11-15H2,1H3. The molecule has 1 atom stereocenters. The van der Waals surface area contributed by atoms with Crippen molar-refractivity contribution in [1.82, 2.24) is 9.88 Å². The Hall–Kier alpha value is -3.23. The topological polar surface area (TPSA) is 72.0 Å². The molecule has 1 saturated heterocycles. The molecule has 3 aromatic rings. The summed E-state index contributed by atoms with van der Waals surface area (Å²) < 4.78 is 11.4. The molecule has 2 amide bonds. The maximum Gasteiger partial charge on any atom is 0.270 e. The summed E-state index contributed by atoms with van der Waals surface area (Å²) in [5.41, 5.74) is 2.32. The second-order valence-corrected chi connectivity index (χ2v) is 8.73. The van der Waals surface area contributed by atoms with E-state index in [9.17, 15) is 9.59 Å². The van der Waals surface area contributed by atoms with E-state index in [1.165, 1.54) is 11.3 Å². The van der Waals surface area contributed by atoms with Crippen LogP contribution >= 0.6 is 11.3 Å². The number of anilines is 1. The Labute approximate surface area is 190 Å². The first-order valence-corrected chi connectivity index (χ1v) is 11.4. The van der Waals surface area contributed by atoms with Crippen LogP contribution in [0.15, 0.2) is 54.6 Å². The van der Waals surface area contributed by atoms with Gasteiger partial charge in [0, 0.05) is 18.7 Å². The number of rotatable bonds is 3. The van der Waals surface area contributed by atoms with Crippen molar-refractivity contribution < 1.29 is 19.1 Å². The third-order valence-corrected chi connectivity index (χ3v) is 6.82. The Morgan fingerprint density at radius 1 is 1.03 bits per heavy atom. The molecular weight excluding hydrogens is 426 g/mol. The molecule has 32 heavy (non-hydrogen) atoms. The van der Waals surface area contributed by atoms with Crippen LogP contribution in [0.2, 0.25) is 0 Å². The third-order valence-electron chi connectivity index (χ3n) is 5.63. The van der Waals surface area contributed by atoms with Crippen LogP contribution in [0.1, 0.15) is 15.4 Å². The minimum Gasteiger partial charge on any atom is -0.476 e. The molecule has 0 bridgehead atoms. The zero-order valence-electron chi connectivity index (χ0n) is 17.7. The van der Waals surface area contributed by atoms with Crippen LogP contribution in [0.5, 0.6) is 5.75 Å². The molecule has 2 aliphatic rings. The van der Waals surface area contributed by atoms with E-state index in [2.05, 4.69) is 4.98 Å². The number of ether oxygens (including phenoxy) is 2. The van der Waals surface area contributed by atoms with Crippen LogP contribution in [-0.2, 0) is 9.53 Å². The second kappa shape index (κ2) is 8.72. The molecule has 0 saturated carbocycles. The normalized spacial score (nSPS) is 18.1. The van der Waals surface area contributed by atoms with Gasteiger partial charge in [0.1, 0.15) is 15.6 Å². The number of hydrogen-bond acceptors (Lipinski definition) is 6. The highest BCUT2D eigenvalue weighted by Gasteiger charge is 2.37. The Morgan fingerprint density at radius 2 is 1.75 bits per heavy atom. The Bertz CT molecular complexity index is 1140. The molecule has 0 radical (unpaired) electrons. The number of carbonyl (C=O) groups is 2. The largest absolute Gasteiger partial charge is 0.476 e. The van der Waals surface area contributed by atoms with Crippen LogP contribution in [0.25, 0.3) is 10.6 Å². The zero-order valence-corrected chi connectivity index (χ0v) is 18.5. The van der Waals surface area contributed by atoms with Gasteiger partial charge in [-0.2, -0.15) is 0 Å². The molecule has 5 rings (SSSR count). The van der Waals surface area contributed by atoms with E-state index in [-0.39, 0.29) is 18.4 Å². The summed E-state index contributed by atoms with van der Waals surface area (Å²) in [7, 11) is 0. The first-order valence-electron chi connectivity index (χ1n) is 10.6. The molecule has 7 nitrogen and oxygen atoms in total. The summed E-state index contributed by atoms with van der Waals surface area (Å²) in [5.74, 6) is 0.244. The van der Waals surface area contributed by atoms with Crippen molar-refractivity contribution in [2.75, 3.05) is 37.7 Å². The predicted molar refractivity (Wildman–Crippen MR) is 122 cm³/mol. The van der Waals surface area contributed by atoms with Crippen molar-refractivity contribution in [2.24, 2.45) is 0 Å². The number of morpholine rings is 1. The summed E-state index contributed by atoms with van der Waals surface area (Å²) in [6.45, 7) is 4.09. The third kappa shape index (κ3) is 3.87. The molecule has 3 heterocycles. The van der Waals surface area contributed by atoms with Crippen molar-refractivity contribution in [2.45, 2.75) is 13.0 Å². The molecule has 164 valence electrons. The highest BCUT2D eigenvalue weighted by molar-refractivity contribution is 7.17. The number of amides is 2. The van der Waals surface area contributed by atoms with Crippen LogP contribution < -0.4 is 9.64 Å². The molecule has 1 unspecified atom stereocenters. The molecule has 0 N–H and O–H groups in total. The average Bonchev–Trinajstić information content (AvgIpc) is 3.25. The summed E-state index contributed by atoms with van der Waals surface area (Å²) in [5, 5.41) is 0.800. The van der Waals surface area contributed by atoms with Gasteiger partial charge in [-0.1, -0.05) is 42.5 Å². The number of fused-ring (bicyclic) bond motifs is 1. The van der Waals surface area contributed by atoms with Gasteiger partial charge in [0.05, 0.1) is 31.1 Å². The molecule has 1 aromatic heterocycles. The minimum atomic E-state index is -0.756. The molecular formula is C24H23N3O4S. The van der Waals surface area contributed by atoms with E-state index < -0.39 is 6.10 Å². The van der Waals surface area contributed by atoms with Crippen molar-refractivity contribution in [3.8, 4) is 16.3 Å². The number of para-hydroxylation sites is 2. The lowest BCUT2D eigenvalue weighted by atomic mass is 10.1. The van der Waals surface area contributed by atoms with Crippen molar-refractivity contribution in [1.29, 1.82) is 0 Å². The smallest absolute Gasteiger partial charge is 0.270 e. The number of nitrogens with zero attached hydrogens (tertiary/aromatic N) is 3. The summed E-state index contributed by atoms with van der Waals surface area (Å²) in [6.07, 6.45) is -0.756. The summed E-state index contributed by atoms with van der Waals surface area (Å²) in [4.78, 5) is 35.4. The van der Waals surface area contributed by atoms with E-state index in [1.807, 2.05) is 55.5 Å². The molecule has 2 aliphatic heterocycles. The Morgan fingerprint density at radius 3 is 2.53 bits per heavy atom. The maximum atomic E-state index is 13.7. The van der Waals surface area contributed by atoms with Gasteiger partial charge in [-0.05, 0) is 19.1 Å². The maximum absolute atomic E-state index is 13.7. The van der Waals surface area contributed by atoms with Gasteiger partial charge in [-0.3, -0.25) is 14.5 Å². The lowest BCUT2D eigenvalue weighted by Crippen LogP contribution is -2.54. The minimum absolute atomic E-state index is 0.119. The van der Waals surface area contributed by atoms with Gasteiger partial charge >= 0.3 is 0 Å². The van der Waals surface area contributed by atoms with Crippen LogP contribution in [0, 0.1) is 6.92 Å². The van der Waals surface area contributed by atoms with Gasteiger partial charge in [0.15, 0.2) is 6.10 Å². The SMILES string of the molecule is Cc1nc(-c2ccccc2)sc1C(=O)N1CC(C(=O)N2CCOCC2)Oc2ccccc21. The van der Waals surface area contributed by atoms with E-state index in [0.29, 0.717) is 48.3 Å². The number of thiazole rings is 1.